The van der Waals surface area contributed by atoms with Crippen molar-refractivity contribution in [2.45, 2.75) is 23.5 Å². The fraction of sp³-hybridized carbons (Fsp3) is 0.364. The van der Waals surface area contributed by atoms with Gasteiger partial charge in [0.05, 0.1) is 11.1 Å². The fourth-order valence-electron chi connectivity index (χ4n) is 2.08. The summed E-state index contributed by atoms with van der Waals surface area (Å²) >= 11 is 5.74. The first-order chi connectivity index (χ1) is 9.23. The van der Waals surface area contributed by atoms with Gasteiger partial charge in [0.1, 0.15) is 16.8 Å². The average Bonchev–Trinajstić information content (AvgIpc) is 2.75. The molecule has 20 heavy (non-hydrogen) atoms. The molecule has 2 unspecified atom stereocenters. The van der Waals surface area contributed by atoms with Gasteiger partial charge in [0.25, 0.3) is 0 Å². The molecule has 0 amide bonds. The van der Waals surface area contributed by atoms with Crippen molar-refractivity contribution in [3.05, 3.63) is 29.0 Å². The number of carboxylic acid groups (broad SMARTS) is 1. The molecule has 1 fully saturated rings. The van der Waals surface area contributed by atoms with E-state index in [4.69, 9.17) is 16.7 Å². The third-order valence-electron chi connectivity index (χ3n) is 3.00. The number of carbonyl (C=O) groups is 1. The number of β-amino-alcohol motifs (C(OH)–C–C–N with tert-alkyl or cyclic N) is 1. The second-order valence-corrected chi connectivity index (χ2v) is 6.66. The molecule has 6 nitrogen and oxygen atoms in total. The number of hydrogen-bond donors (Lipinski definition) is 2. The highest BCUT2D eigenvalue weighted by molar-refractivity contribution is 7.89. The summed E-state index contributed by atoms with van der Waals surface area (Å²) in [7, 11) is -4.30. The van der Waals surface area contributed by atoms with Crippen molar-refractivity contribution < 1.29 is 27.8 Å². The summed E-state index contributed by atoms with van der Waals surface area (Å²) in [6.45, 7) is -0.369. The van der Waals surface area contributed by atoms with Crippen LogP contribution in [-0.4, -0.2) is 47.6 Å². The van der Waals surface area contributed by atoms with Crippen LogP contribution in [0, 0.1) is 5.82 Å². The van der Waals surface area contributed by atoms with Crippen molar-refractivity contribution in [2.24, 2.45) is 0 Å². The molecule has 2 rings (SSSR count). The Labute approximate surface area is 119 Å². The van der Waals surface area contributed by atoms with E-state index < -0.39 is 38.9 Å². The lowest BCUT2D eigenvalue weighted by atomic mass is 10.2. The number of rotatable bonds is 3. The van der Waals surface area contributed by atoms with Gasteiger partial charge in [-0.1, -0.05) is 11.6 Å². The average molecular weight is 324 g/mol. The third-order valence-corrected chi connectivity index (χ3v) is 5.35. The first-order valence-corrected chi connectivity index (χ1v) is 7.43. The van der Waals surface area contributed by atoms with Gasteiger partial charge in [-0.05, 0) is 18.2 Å². The van der Waals surface area contributed by atoms with E-state index in [0.717, 1.165) is 18.2 Å². The smallest absolute Gasteiger partial charge is 0.322 e. The van der Waals surface area contributed by atoms with Crippen LogP contribution in [0.15, 0.2) is 23.1 Å². The minimum atomic E-state index is -4.30. The van der Waals surface area contributed by atoms with Crippen molar-refractivity contribution in [3.8, 4) is 0 Å². The fourth-order valence-corrected chi connectivity index (χ4v) is 4.19. The summed E-state index contributed by atoms with van der Waals surface area (Å²) in [5, 5.41) is 18.3. The summed E-state index contributed by atoms with van der Waals surface area (Å²) < 4.78 is 38.6. The molecule has 2 N–H and O–H groups in total. The zero-order chi connectivity index (χ0) is 15.1. The zero-order valence-corrected chi connectivity index (χ0v) is 11.6. The van der Waals surface area contributed by atoms with Crippen molar-refractivity contribution in [3.63, 3.8) is 0 Å². The number of aliphatic carboxylic acids is 1. The van der Waals surface area contributed by atoms with Crippen LogP contribution in [0.1, 0.15) is 6.42 Å². The van der Waals surface area contributed by atoms with Crippen LogP contribution < -0.4 is 0 Å². The normalized spacial score (nSPS) is 23.9. The Balaban J connectivity index is 2.49. The standard InChI is InChI=1S/C11H11ClFNO5S/c12-8-2-1-6(13)3-10(8)20(18,19)14-5-7(15)4-9(14)11(16)17/h1-3,7,9,15H,4-5H2,(H,16,17). The Morgan fingerprint density at radius 3 is 2.70 bits per heavy atom. The lowest BCUT2D eigenvalue weighted by Gasteiger charge is -2.21. The largest absolute Gasteiger partial charge is 0.480 e. The minimum absolute atomic E-state index is 0.211. The highest BCUT2D eigenvalue weighted by Crippen LogP contribution is 2.30. The molecule has 0 saturated carbocycles. The van der Waals surface area contributed by atoms with Crippen molar-refractivity contribution in [1.82, 2.24) is 4.31 Å². The number of sulfonamides is 1. The number of hydrogen-bond acceptors (Lipinski definition) is 4. The molecule has 1 aliphatic rings. The van der Waals surface area contributed by atoms with Crippen LogP contribution in [0.3, 0.4) is 0 Å². The molecule has 1 aromatic carbocycles. The number of aliphatic hydroxyl groups excluding tert-OH is 1. The van der Waals surface area contributed by atoms with Crippen molar-refractivity contribution in [1.29, 1.82) is 0 Å². The molecule has 0 bridgehead atoms. The van der Waals surface area contributed by atoms with E-state index in [9.17, 15) is 22.7 Å². The van der Waals surface area contributed by atoms with Crippen LogP contribution in [0.25, 0.3) is 0 Å². The highest BCUT2D eigenvalue weighted by Gasteiger charge is 2.44. The predicted molar refractivity (Wildman–Crippen MR) is 67.3 cm³/mol. The van der Waals surface area contributed by atoms with Crippen LogP contribution in [0.2, 0.25) is 5.02 Å². The number of carboxylic acids is 1. The molecule has 0 aromatic heterocycles. The molecule has 0 spiro atoms. The molecule has 1 heterocycles. The minimum Gasteiger partial charge on any atom is -0.480 e. The molecule has 0 aliphatic carbocycles. The van der Waals surface area contributed by atoms with E-state index in [1.807, 2.05) is 0 Å². The molecule has 1 aromatic rings. The van der Waals surface area contributed by atoms with Crippen LogP contribution in [0.5, 0.6) is 0 Å². The van der Waals surface area contributed by atoms with Gasteiger partial charge in [0, 0.05) is 13.0 Å². The number of nitrogens with zero attached hydrogens (tertiary/aromatic N) is 1. The van der Waals surface area contributed by atoms with Crippen molar-refractivity contribution in [2.75, 3.05) is 6.54 Å². The summed E-state index contributed by atoms with van der Waals surface area (Å²) in [5.41, 5.74) is 0. The summed E-state index contributed by atoms with van der Waals surface area (Å²) in [6.07, 6.45) is -1.31. The highest BCUT2D eigenvalue weighted by atomic mass is 35.5. The van der Waals surface area contributed by atoms with E-state index >= 15 is 0 Å². The Morgan fingerprint density at radius 2 is 2.10 bits per heavy atom. The monoisotopic (exact) mass is 323 g/mol. The molecule has 110 valence electrons. The molecular formula is C11H11ClFNO5S. The second kappa shape index (κ2) is 5.28. The predicted octanol–water partition coefficient (Wildman–Crippen LogP) is 0.688. The molecular weight excluding hydrogens is 313 g/mol. The lowest BCUT2D eigenvalue weighted by Crippen LogP contribution is -2.40. The van der Waals surface area contributed by atoms with Crippen LogP contribution in [-0.2, 0) is 14.8 Å². The van der Waals surface area contributed by atoms with Gasteiger partial charge in [-0.25, -0.2) is 12.8 Å². The molecule has 9 heteroatoms. The van der Waals surface area contributed by atoms with E-state index in [1.54, 1.807) is 0 Å². The number of halogens is 2. The van der Waals surface area contributed by atoms with Gasteiger partial charge in [-0.3, -0.25) is 4.79 Å². The van der Waals surface area contributed by atoms with E-state index in [2.05, 4.69) is 0 Å². The number of aliphatic hydroxyl groups is 1. The lowest BCUT2D eigenvalue weighted by molar-refractivity contribution is -0.140. The Kier molecular flexibility index (Phi) is 4.01. The van der Waals surface area contributed by atoms with Gasteiger partial charge in [-0.15, -0.1) is 0 Å². The second-order valence-electron chi connectivity index (χ2n) is 4.39. The Hall–Kier alpha value is -1.22. The SMILES string of the molecule is O=C(O)C1CC(O)CN1S(=O)(=O)c1cc(F)ccc1Cl. The third kappa shape index (κ3) is 2.64. The maximum Gasteiger partial charge on any atom is 0.322 e. The van der Waals surface area contributed by atoms with Gasteiger partial charge < -0.3 is 10.2 Å². The van der Waals surface area contributed by atoms with E-state index in [1.165, 1.54) is 0 Å². The maximum absolute atomic E-state index is 13.2. The Morgan fingerprint density at radius 1 is 1.45 bits per heavy atom. The summed E-state index contributed by atoms with van der Waals surface area (Å²) in [5.74, 6) is -2.18. The molecule has 2 atom stereocenters. The maximum atomic E-state index is 13.2. The van der Waals surface area contributed by atoms with Gasteiger partial charge >= 0.3 is 5.97 Å². The van der Waals surface area contributed by atoms with Crippen LogP contribution in [0.4, 0.5) is 4.39 Å². The molecule has 0 radical (unpaired) electrons. The van der Waals surface area contributed by atoms with E-state index in [-0.39, 0.29) is 18.0 Å². The Bertz CT molecular complexity index is 650. The van der Waals surface area contributed by atoms with E-state index in [0.29, 0.717) is 4.31 Å². The first kappa shape index (κ1) is 15.2. The number of benzene rings is 1. The quantitative estimate of drug-likeness (QED) is 0.853. The first-order valence-electron chi connectivity index (χ1n) is 5.61. The van der Waals surface area contributed by atoms with Gasteiger partial charge in [0.2, 0.25) is 10.0 Å². The summed E-state index contributed by atoms with van der Waals surface area (Å²) in [4.78, 5) is 10.5. The van der Waals surface area contributed by atoms with Crippen molar-refractivity contribution >= 4 is 27.6 Å². The van der Waals surface area contributed by atoms with Gasteiger partial charge in [0.15, 0.2) is 0 Å². The zero-order valence-electron chi connectivity index (χ0n) is 10.0. The molecule has 1 saturated heterocycles. The summed E-state index contributed by atoms with van der Waals surface area (Å²) in [6, 6.07) is 1.40. The van der Waals surface area contributed by atoms with Crippen LogP contribution >= 0.6 is 11.6 Å². The van der Waals surface area contributed by atoms with Gasteiger partial charge in [-0.2, -0.15) is 4.31 Å². The molecule has 1 aliphatic heterocycles. The topological polar surface area (TPSA) is 94.9 Å².